The number of hydrogen-bond acceptors (Lipinski definition) is 5. The number of carbonyl (C=O) groups excluding carboxylic acids is 2. The van der Waals surface area contributed by atoms with Crippen molar-refractivity contribution in [1.29, 1.82) is 5.26 Å². The van der Waals surface area contributed by atoms with Crippen LogP contribution >= 0.6 is 0 Å². The van der Waals surface area contributed by atoms with Gasteiger partial charge in [0.05, 0.1) is 12.6 Å². The molecule has 1 heterocycles. The number of carboxylic acids is 1. The zero-order valence-electron chi connectivity index (χ0n) is 8.60. The molecule has 1 fully saturated rings. The van der Waals surface area contributed by atoms with Gasteiger partial charge in [0.15, 0.2) is 0 Å². The summed E-state index contributed by atoms with van der Waals surface area (Å²) in [7, 11) is 0. The van der Waals surface area contributed by atoms with Gasteiger partial charge < -0.3 is 14.8 Å². The first-order chi connectivity index (χ1) is 6.65. The van der Waals surface area contributed by atoms with Crippen molar-refractivity contribution in [1.82, 2.24) is 9.80 Å². The number of nitrogens with zero attached hydrogens (tertiary/aromatic N) is 3. The number of carboxylic acid groups (broad SMARTS) is 1. The standard InChI is InChI=1S/C8H11N3O3.Na/c9-1-2-10-3-5-11(6-4-10)7(12)8(13)14;/h2-6H2,(H,13,14);/q;+1/p-1. The van der Waals surface area contributed by atoms with E-state index in [1.165, 1.54) is 4.90 Å². The summed E-state index contributed by atoms with van der Waals surface area (Å²) >= 11 is 0. The fourth-order valence-electron chi connectivity index (χ4n) is 1.34. The van der Waals surface area contributed by atoms with Crippen molar-refractivity contribution in [2.75, 3.05) is 32.7 Å². The maximum absolute atomic E-state index is 10.9. The van der Waals surface area contributed by atoms with Crippen LogP contribution in [0.3, 0.4) is 0 Å². The first kappa shape index (κ1) is 14.4. The molecule has 76 valence electrons. The van der Waals surface area contributed by atoms with Crippen LogP contribution in [0, 0.1) is 11.3 Å². The van der Waals surface area contributed by atoms with Gasteiger partial charge in [0.2, 0.25) is 0 Å². The van der Waals surface area contributed by atoms with Crippen molar-refractivity contribution in [3.05, 3.63) is 0 Å². The molecule has 0 bridgehead atoms. The van der Waals surface area contributed by atoms with Gasteiger partial charge in [-0.05, 0) is 0 Å². The van der Waals surface area contributed by atoms with E-state index in [1.54, 1.807) is 0 Å². The number of rotatable bonds is 1. The van der Waals surface area contributed by atoms with E-state index < -0.39 is 11.9 Å². The Morgan fingerprint density at radius 2 is 1.80 bits per heavy atom. The second-order valence-corrected chi connectivity index (χ2v) is 3.01. The maximum Gasteiger partial charge on any atom is 1.00 e. The van der Waals surface area contributed by atoms with Crippen LogP contribution in [0.2, 0.25) is 0 Å². The molecule has 0 aromatic carbocycles. The minimum Gasteiger partial charge on any atom is -0.540 e. The molecule has 0 aliphatic carbocycles. The molecule has 1 rings (SSSR count). The minimum atomic E-state index is -1.67. The molecule has 1 aliphatic rings. The van der Waals surface area contributed by atoms with Crippen LogP contribution in [0.25, 0.3) is 0 Å². The number of piperazine rings is 1. The summed E-state index contributed by atoms with van der Waals surface area (Å²) in [5, 5.41) is 18.6. The van der Waals surface area contributed by atoms with Crippen molar-refractivity contribution in [2.45, 2.75) is 0 Å². The van der Waals surface area contributed by atoms with Crippen LogP contribution in [-0.2, 0) is 9.59 Å². The van der Waals surface area contributed by atoms with Gasteiger partial charge in [-0.1, -0.05) is 0 Å². The summed E-state index contributed by atoms with van der Waals surface area (Å²) in [5.41, 5.74) is 0. The summed E-state index contributed by atoms with van der Waals surface area (Å²) in [6, 6.07) is 2.00. The Bertz CT molecular complexity index is 281. The van der Waals surface area contributed by atoms with E-state index in [9.17, 15) is 14.7 Å². The molecular formula is C8H10N3NaO3. The van der Waals surface area contributed by atoms with Gasteiger partial charge in [0, 0.05) is 26.2 Å². The third-order valence-electron chi connectivity index (χ3n) is 2.13. The summed E-state index contributed by atoms with van der Waals surface area (Å²) in [6.07, 6.45) is 0. The molecular weight excluding hydrogens is 209 g/mol. The van der Waals surface area contributed by atoms with Crippen molar-refractivity contribution >= 4 is 11.9 Å². The molecule has 0 saturated carbocycles. The minimum absolute atomic E-state index is 0. The van der Waals surface area contributed by atoms with E-state index in [2.05, 4.69) is 0 Å². The molecule has 1 aliphatic heterocycles. The molecule has 7 heteroatoms. The molecule has 0 unspecified atom stereocenters. The van der Waals surface area contributed by atoms with Gasteiger partial charge in [-0.15, -0.1) is 0 Å². The molecule has 0 atom stereocenters. The van der Waals surface area contributed by atoms with Crippen LogP contribution in [0.5, 0.6) is 0 Å². The molecule has 1 saturated heterocycles. The average Bonchev–Trinajstić information content (AvgIpc) is 2.18. The van der Waals surface area contributed by atoms with Gasteiger partial charge in [-0.25, -0.2) is 0 Å². The molecule has 6 nitrogen and oxygen atoms in total. The Kier molecular flexibility index (Phi) is 6.52. The van der Waals surface area contributed by atoms with E-state index in [4.69, 9.17) is 5.26 Å². The van der Waals surface area contributed by atoms with E-state index in [-0.39, 0.29) is 29.6 Å². The second kappa shape index (κ2) is 6.80. The Morgan fingerprint density at radius 1 is 1.27 bits per heavy atom. The second-order valence-electron chi connectivity index (χ2n) is 3.01. The van der Waals surface area contributed by atoms with E-state index in [1.807, 2.05) is 11.0 Å². The van der Waals surface area contributed by atoms with Gasteiger partial charge in [0.25, 0.3) is 5.91 Å². The SMILES string of the molecule is N#CCN1CCN(C(=O)C(=O)[O-])CC1.[Na+]. The average molecular weight is 219 g/mol. The van der Waals surface area contributed by atoms with Crippen LogP contribution in [0.15, 0.2) is 0 Å². The Hall–Kier alpha value is -0.610. The first-order valence-corrected chi connectivity index (χ1v) is 4.24. The van der Waals surface area contributed by atoms with E-state index in [0.717, 1.165) is 0 Å². The maximum atomic E-state index is 10.9. The van der Waals surface area contributed by atoms with E-state index >= 15 is 0 Å². The van der Waals surface area contributed by atoms with Crippen LogP contribution < -0.4 is 34.7 Å². The van der Waals surface area contributed by atoms with Crippen LogP contribution in [0.4, 0.5) is 0 Å². The fourth-order valence-corrected chi connectivity index (χ4v) is 1.34. The molecule has 15 heavy (non-hydrogen) atoms. The molecule has 0 aromatic rings. The molecule has 0 aromatic heterocycles. The fraction of sp³-hybridized carbons (Fsp3) is 0.625. The summed E-state index contributed by atoms with van der Waals surface area (Å²) in [6.45, 7) is 2.06. The number of hydrogen-bond donors (Lipinski definition) is 0. The van der Waals surface area contributed by atoms with Crippen molar-refractivity contribution < 1.29 is 44.3 Å². The van der Waals surface area contributed by atoms with Crippen molar-refractivity contribution in [3.63, 3.8) is 0 Å². The third-order valence-corrected chi connectivity index (χ3v) is 2.13. The molecule has 1 amide bonds. The van der Waals surface area contributed by atoms with Gasteiger partial charge in [0.1, 0.15) is 5.97 Å². The zero-order valence-corrected chi connectivity index (χ0v) is 10.6. The number of aliphatic carboxylic acids is 1. The summed E-state index contributed by atoms with van der Waals surface area (Å²) in [5.74, 6) is -2.64. The van der Waals surface area contributed by atoms with Crippen LogP contribution in [0.1, 0.15) is 0 Å². The first-order valence-electron chi connectivity index (χ1n) is 4.24. The molecule has 0 spiro atoms. The van der Waals surface area contributed by atoms with Gasteiger partial charge in [-0.3, -0.25) is 9.69 Å². The topological polar surface area (TPSA) is 87.5 Å². The summed E-state index contributed by atoms with van der Waals surface area (Å²) < 4.78 is 0. The predicted molar refractivity (Wildman–Crippen MR) is 43.6 cm³/mol. The number of amides is 1. The normalized spacial score (nSPS) is 16.3. The van der Waals surface area contributed by atoms with Crippen molar-refractivity contribution in [3.8, 4) is 6.07 Å². The van der Waals surface area contributed by atoms with Crippen molar-refractivity contribution in [2.24, 2.45) is 0 Å². The molecule has 0 radical (unpaired) electrons. The largest absolute Gasteiger partial charge is 1.00 e. The molecule has 0 N–H and O–H groups in total. The Morgan fingerprint density at radius 3 is 2.20 bits per heavy atom. The predicted octanol–water partition coefficient (Wildman–Crippen LogP) is -5.59. The Balaban J connectivity index is 0.00000196. The Labute approximate surface area is 110 Å². The number of carbonyl (C=O) groups is 2. The number of nitriles is 1. The summed E-state index contributed by atoms with van der Waals surface area (Å²) in [4.78, 5) is 24.3. The zero-order chi connectivity index (χ0) is 10.6. The van der Waals surface area contributed by atoms with Gasteiger partial charge in [-0.2, -0.15) is 5.26 Å². The van der Waals surface area contributed by atoms with Crippen LogP contribution in [-0.4, -0.2) is 54.4 Å². The third kappa shape index (κ3) is 4.18. The van der Waals surface area contributed by atoms with E-state index in [0.29, 0.717) is 32.7 Å². The quantitative estimate of drug-likeness (QED) is 0.249. The van der Waals surface area contributed by atoms with Gasteiger partial charge >= 0.3 is 29.6 Å². The smallest absolute Gasteiger partial charge is 0.540 e. The monoisotopic (exact) mass is 219 g/mol.